The summed E-state index contributed by atoms with van der Waals surface area (Å²) in [5.41, 5.74) is 4.81. The average molecular weight is 325 g/mol. The van der Waals surface area contributed by atoms with Gasteiger partial charge in [0.2, 0.25) is 0 Å². The molecule has 2 rings (SSSR count). The van der Waals surface area contributed by atoms with Crippen molar-refractivity contribution in [2.75, 3.05) is 6.54 Å². The van der Waals surface area contributed by atoms with E-state index in [0.29, 0.717) is 6.54 Å². The zero-order valence-corrected chi connectivity index (χ0v) is 15.1. The third-order valence-electron chi connectivity index (χ3n) is 4.29. The fourth-order valence-corrected chi connectivity index (χ4v) is 2.50. The number of hydrogen-bond acceptors (Lipinski definition) is 2. The van der Waals surface area contributed by atoms with Gasteiger partial charge in [0.25, 0.3) is 5.91 Å². The van der Waals surface area contributed by atoms with Crippen molar-refractivity contribution in [2.45, 2.75) is 46.6 Å². The van der Waals surface area contributed by atoms with Crippen molar-refractivity contribution in [3.05, 3.63) is 64.7 Å². The monoisotopic (exact) mass is 325 g/mol. The minimum atomic E-state index is -0.495. The fourth-order valence-electron chi connectivity index (χ4n) is 2.50. The Morgan fingerprint density at radius 2 is 1.79 bits per heavy atom. The molecule has 3 heteroatoms. The lowest BCUT2D eigenvalue weighted by Crippen LogP contribution is -2.37. The fraction of sp³-hybridized carbons (Fsp3) is 0.381. The lowest BCUT2D eigenvalue weighted by molar-refractivity contribution is -0.127. The Kier molecular flexibility index (Phi) is 6.42. The zero-order valence-electron chi connectivity index (χ0n) is 15.1. The first-order chi connectivity index (χ1) is 11.5. The van der Waals surface area contributed by atoms with Crippen LogP contribution in [0.4, 0.5) is 0 Å². The van der Waals surface area contributed by atoms with Crippen molar-refractivity contribution in [3.63, 3.8) is 0 Å². The second kappa shape index (κ2) is 8.53. The smallest absolute Gasteiger partial charge is 0.260 e. The van der Waals surface area contributed by atoms with Crippen molar-refractivity contribution in [1.29, 1.82) is 0 Å². The van der Waals surface area contributed by atoms with E-state index in [2.05, 4.69) is 36.5 Å². The van der Waals surface area contributed by atoms with Gasteiger partial charge < -0.3 is 10.1 Å². The van der Waals surface area contributed by atoms with Gasteiger partial charge in [0.1, 0.15) is 5.75 Å². The van der Waals surface area contributed by atoms with Crippen molar-refractivity contribution in [3.8, 4) is 5.75 Å². The molecule has 0 saturated heterocycles. The molecular formula is C21H27NO2. The number of carbonyl (C=O) groups excluding carboxylic acids is 1. The van der Waals surface area contributed by atoms with Crippen LogP contribution in [0.15, 0.2) is 42.5 Å². The number of carbonyl (C=O) groups is 1. The summed E-state index contributed by atoms with van der Waals surface area (Å²) in [4.78, 5) is 12.2. The molecule has 0 aliphatic rings. The molecule has 0 aromatic heterocycles. The summed E-state index contributed by atoms with van der Waals surface area (Å²) < 4.78 is 5.80. The van der Waals surface area contributed by atoms with Crippen LogP contribution in [0.25, 0.3) is 0 Å². The number of rotatable bonds is 7. The van der Waals surface area contributed by atoms with E-state index < -0.39 is 6.10 Å². The van der Waals surface area contributed by atoms with Crippen LogP contribution in [0.5, 0.6) is 5.75 Å². The molecule has 0 saturated carbocycles. The summed E-state index contributed by atoms with van der Waals surface area (Å²) in [5, 5.41) is 2.95. The number of aryl methyl sites for hydroxylation is 3. The molecule has 2 aromatic rings. The highest BCUT2D eigenvalue weighted by molar-refractivity contribution is 5.80. The van der Waals surface area contributed by atoms with Gasteiger partial charge in [-0.05, 0) is 63.3 Å². The Bertz CT molecular complexity index is 677. The van der Waals surface area contributed by atoms with Gasteiger partial charge in [-0.2, -0.15) is 0 Å². The summed E-state index contributed by atoms with van der Waals surface area (Å²) in [6.07, 6.45) is 1.39. The van der Waals surface area contributed by atoms with Gasteiger partial charge in [0, 0.05) is 6.54 Å². The third kappa shape index (κ3) is 5.12. The van der Waals surface area contributed by atoms with E-state index in [1.165, 1.54) is 16.7 Å². The van der Waals surface area contributed by atoms with Gasteiger partial charge in [0.15, 0.2) is 6.10 Å². The van der Waals surface area contributed by atoms with E-state index in [9.17, 15) is 4.79 Å². The molecule has 0 heterocycles. The maximum Gasteiger partial charge on any atom is 0.260 e. The van der Waals surface area contributed by atoms with Crippen LogP contribution < -0.4 is 10.1 Å². The summed E-state index contributed by atoms with van der Waals surface area (Å²) >= 11 is 0. The van der Waals surface area contributed by atoms with Crippen LogP contribution in [0.3, 0.4) is 0 Å². The topological polar surface area (TPSA) is 38.3 Å². The molecule has 1 amide bonds. The van der Waals surface area contributed by atoms with E-state index in [1.807, 2.05) is 32.0 Å². The SMILES string of the molecule is Cc1ccc(CCCNC(=O)[C@@H](C)Oc2cccc(C)c2C)cc1. The molecule has 0 unspecified atom stereocenters. The first kappa shape index (κ1) is 18.1. The van der Waals surface area contributed by atoms with E-state index in [1.54, 1.807) is 6.92 Å². The van der Waals surface area contributed by atoms with Gasteiger partial charge in [-0.15, -0.1) is 0 Å². The van der Waals surface area contributed by atoms with Gasteiger partial charge >= 0.3 is 0 Å². The van der Waals surface area contributed by atoms with Crippen LogP contribution in [0.2, 0.25) is 0 Å². The molecule has 1 atom stereocenters. The molecule has 0 bridgehead atoms. The van der Waals surface area contributed by atoms with Crippen LogP contribution in [0.1, 0.15) is 35.6 Å². The number of amides is 1. The quantitative estimate of drug-likeness (QED) is 0.777. The standard InChI is InChI=1S/C21H27NO2/c1-15-10-12-19(13-11-15)8-6-14-22-21(23)18(4)24-20-9-5-7-16(2)17(20)3/h5,7,9-13,18H,6,8,14H2,1-4H3,(H,22,23)/t18-/m1/s1. The Hall–Kier alpha value is -2.29. The molecule has 1 N–H and O–H groups in total. The molecule has 3 nitrogen and oxygen atoms in total. The molecule has 24 heavy (non-hydrogen) atoms. The third-order valence-corrected chi connectivity index (χ3v) is 4.29. The van der Waals surface area contributed by atoms with Gasteiger partial charge in [-0.1, -0.05) is 42.0 Å². The van der Waals surface area contributed by atoms with E-state index >= 15 is 0 Å². The second-order valence-corrected chi connectivity index (χ2v) is 6.34. The summed E-state index contributed by atoms with van der Waals surface area (Å²) in [6, 6.07) is 14.4. The Morgan fingerprint density at radius 3 is 2.50 bits per heavy atom. The number of ether oxygens (including phenoxy) is 1. The minimum absolute atomic E-state index is 0.0696. The number of benzene rings is 2. The Balaban J connectivity index is 1.75. The van der Waals surface area contributed by atoms with Crippen molar-refractivity contribution in [1.82, 2.24) is 5.32 Å². The molecule has 0 aliphatic heterocycles. The first-order valence-electron chi connectivity index (χ1n) is 8.53. The van der Waals surface area contributed by atoms with Gasteiger partial charge in [-0.25, -0.2) is 0 Å². The highest BCUT2D eigenvalue weighted by atomic mass is 16.5. The highest BCUT2D eigenvalue weighted by Gasteiger charge is 2.15. The van der Waals surface area contributed by atoms with Crippen molar-refractivity contribution >= 4 is 5.91 Å². The predicted octanol–water partition coefficient (Wildman–Crippen LogP) is 4.13. The molecule has 128 valence electrons. The normalized spacial score (nSPS) is 11.8. The molecular weight excluding hydrogens is 298 g/mol. The number of hydrogen-bond donors (Lipinski definition) is 1. The van der Waals surface area contributed by atoms with E-state index in [4.69, 9.17) is 4.74 Å². The van der Waals surface area contributed by atoms with E-state index in [0.717, 1.165) is 24.2 Å². The van der Waals surface area contributed by atoms with Crippen molar-refractivity contribution < 1.29 is 9.53 Å². The maximum absolute atomic E-state index is 12.2. The second-order valence-electron chi connectivity index (χ2n) is 6.34. The lowest BCUT2D eigenvalue weighted by Gasteiger charge is -2.17. The molecule has 0 radical (unpaired) electrons. The minimum Gasteiger partial charge on any atom is -0.481 e. The van der Waals surface area contributed by atoms with Gasteiger partial charge in [0.05, 0.1) is 0 Å². The van der Waals surface area contributed by atoms with E-state index in [-0.39, 0.29) is 5.91 Å². The van der Waals surface area contributed by atoms with Crippen LogP contribution in [0, 0.1) is 20.8 Å². The Labute approximate surface area is 145 Å². The number of nitrogens with one attached hydrogen (secondary N) is 1. The Morgan fingerprint density at radius 1 is 1.08 bits per heavy atom. The summed E-state index contributed by atoms with van der Waals surface area (Å²) in [5.74, 6) is 0.706. The van der Waals surface area contributed by atoms with Gasteiger partial charge in [-0.3, -0.25) is 4.79 Å². The zero-order chi connectivity index (χ0) is 17.5. The lowest BCUT2D eigenvalue weighted by atomic mass is 10.1. The molecule has 2 aromatic carbocycles. The predicted molar refractivity (Wildman–Crippen MR) is 98.5 cm³/mol. The van der Waals surface area contributed by atoms with Crippen LogP contribution >= 0.6 is 0 Å². The first-order valence-corrected chi connectivity index (χ1v) is 8.53. The average Bonchev–Trinajstić information content (AvgIpc) is 2.57. The van der Waals surface area contributed by atoms with Crippen LogP contribution in [-0.4, -0.2) is 18.6 Å². The molecule has 0 spiro atoms. The van der Waals surface area contributed by atoms with Crippen molar-refractivity contribution in [2.24, 2.45) is 0 Å². The summed E-state index contributed by atoms with van der Waals surface area (Å²) in [7, 11) is 0. The maximum atomic E-state index is 12.2. The highest BCUT2D eigenvalue weighted by Crippen LogP contribution is 2.21. The molecule has 0 aliphatic carbocycles. The van der Waals surface area contributed by atoms with Crippen LogP contribution in [-0.2, 0) is 11.2 Å². The summed E-state index contributed by atoms with van der Waals surface area (Å²) in [6.45, 7) is 8.58. The largest absolute Gasteiger partial charge is 0.481 e. The molecule has 0 fully saturated rings.